The Morgan fingerprint density at radius 3 is 2.76 bits per heavy atom. The molecule has 2 atom stereocenters. The number of aromatic nitrogens is 2. The third-order valence-electron chi connectivity index (χ3n) is 4.31. The zero-order valence-corrected chi connectivity index (χ0v) is 13.6. The lowest BCUT2D eigenvalue weighted by Crippen LogP contribution is -2.24. The summed E-state index contributed by atoms with van der Waals surface area (Å²) in [6.07, 6.45) is 6.75. The van der Waals surface area contributed by atoms with E-state index in [-0.39, 0.29) is 6.10 Å². The third kappa shape index (κ3) is 4.95. The second kappa shape index (κ2) is 7.74. The van der Waals surface area contributed by atoms with Gasteiger partial charge in [0, 0.05) is 24.2 Å². The zero-order chi connectivity index (χ0) is 15.2. The number of nitrogens with one attached hydrogen (secondary N) is 1. The molecule has 118 valence electrons. The summed E-state index contributed by atoms with van der Waals surface area (Å²) >= 11 is 0. The number of anilines is 1. The van der Waals surface area contributed by atoms with Gasteiger partial charge < -0.3 is 10.4 Å². The fourth-order valence-electron chi connectivity index (χ4n) is 3.05. The minimum Gasteiger partial charge on any atom is -0.393 e. The molecule has 1 aromatic heterocycles. The summed E-state index contributed by atoms with van der Waals surface area (Å²) in [5.41, 5.74) is 1.01. The lowest BCUT2D eigenvalue weighted by atomic mass is 9.83. The van der Waals surface area contributed by atoms with Gasteiger partial charge in [0.25, 0.3) is 0 Å². The van der Waals surface area contributed by atoms with Crippen molar-refractivity contribution < 1.29 is 5.11 Å². The van der Waals surface area contributed by atoms with Gasteiger partial charge in [-0.15, -0.1) is 0 Å². The van der Waals surface area contributed by atoms with Gasteiger partial charge in [0.15, 0.2) is 0 Å². The predicted octanol–water partition coefficient (Wildman–Crippen LogP) is 3.65. The Kier molecular flexibility index (Phi) is 5.97. The van der Waals surface area contributed by atoms with Crippen LogP contribution in [-0.2, 0) is 0 Å². The van der Waals surface area contributed by atoms with Gasteiger partial charge in [0.2, 0.25) is 0 Å². The van der Waals surface area contributed by atoms with Gasteiger partial charge in [-0.2, -0.15) is 0 Å². The van der Waals surface area contributed by atoms with E-state index in [1.807, 2.05) is 13.0 Å². The van der Waals surface area contributed by atoms with Crippen molar-refractivity contribution in [2.24, 2.45) is 5.92 Å². The minimum absolute atomic E-state index is 0.0763. The Morgan fingerprint density at radius 2 is 2.05 bits per heavy atom. The van der Waals surface area contributed by atoms with Crippen molar-refractivity contribution in [2.75, 3.05) is 11.9 Å². The lowest BCUT2D eigenvalue weighted by molar-refractivity contribution is 0.0648. The fourth-order valence-corrected chi connectivity index (χ4v) is 3.05. The molecule has 0 amide bonds. The quantitative estimate of drug-likeness (QED) is 0.785. The van der Waals surface area contributed by atoms with Crippen molar-refractivity contribution >= 4 is 5.82 Å². The van der Waals surface area contributed by atoms with Crippen molar-refractivity contribution in [3.63, 3.8) is 0 Å². The lowest BCUT2D eigenvalue weighted by Gasteiger charge is -2.27. The molecule has 1 heterocycles. The largest absolute Gasteiger partial charge is 0.393 e. The third-order valence-corrected chi connectivity index (χ3v) is 4.31. The van der Waals surface area contributed by atoms with Gasteiger partial charge in [-0.25, -0.2) is 9.97 Å². The molecule has 1 saturated carbocycles. The van der Waals surface area contributed by atoms with Gasteiger partial charge in [-0.05, 0) is 38.5 Å². The zero-order valence-electron chi connectivity index (χ0n) is 13.6. The Bertz CT molecular complexity index is 448. The molecule has 0 radical (unpaired) electrons. The molecule has 2 N–H and O–H groups in total. The van der Waals surface area contributed by atoms with Crippen LogP contribution < -0.4 is 5.32 Å². The highest BCUT2D eigenvalue weighted by atomic mass is 16.3. The van der Waals surface area contributed by atoms with E-state index in [1.54, 1.807) is 0 Å². The number of hydrogen-bond acceptors (Lipinski definition) is 4. The van der Waals surface area contributed by atoms with Crippen LogP contribution in [-0.4, -0.2) is 27.7 Å². The van der Waals surface area contributed by atoms with E-state index < -0.39 is 0 Å². The molecule has 4 heteroatoms. The van der Waals surface area contributed by atoms with Crippen LogP contribution in [0.3, 0.4) is 0 Å². The minimum atomic E-state index is -0.0763. The Labute approximate surface area is 128 Å². The summed E-state index contributed by atoms with van der Waals surface area (Å²) in [6.45, 7) is 7.15. The number of hydrogen-bond donors (Lipinski definition) is 2. The number of rotatable bonds is 6. The average molecular weight is 291 g/mol. The summed E-state index contributed by atoms with van der Waals surface area (Å²) in [5.74, 6) is 2.68. The second-order valence-electron chi connectivity index (χ2n) is 6.59. The van der Waals surface area contributed by atoms with Crippen LogP contribution in [0.1, 0.15) is 69.8 Å². The summed E-state index contributed by atoms with van der Waals surface area (Å²) in [7, 11) is 0. The van der Waals surface area contributed by atoms with E-state index in [2.05, 4.69) is 29.1 Å². The first-order valence-corrected chi connectivity index (χ1v) is 8.33. The predicted molar refractivity (Wildman–Crippen MR) is 86.5 cm³/mol. The van der Waals surface area contributed by atoms with Gasteiger partial charge >= 0.3 is 0 Å². The molecule has 4 nitrogen and oxygen atoms in total. The van der Waals surface area contributed by atoms with E-state index in [0.29, 0.717) is 11.8 Å². The monoisotopic (exact) mass is 291 g/mol. The molecule has 2 unspecified atom stereocenters. The van der Waals surface area contributed by atoms with E-state index in [9.17, 15) is 5.11 Å². The van der Waals surface area contributed by atoms with Crippen LogP contribution in [0.5, 0.6) is 0 Å². The van der Waals surface area contributed by atoms with Crippen molar-refractivity contribution in [3.8, 4) is 0 Å². The van der Waals surface area contributed by atoms with Gasteiger partial charge in [-0.3, -0.25) is 0 Å². The summed E-state index contributed by atoms with van der Waals surface area (Å²) < 4.78 is 0. The molecule has 1 aliphatic carbocycles. The highest BCUT2D eigenvalue weighted by Crippen LogP contribution is 2.27. The topological polar surface area (TPSA) is 58.0 Å². The molecule has 0 spiro atoms. The normalized spacial score (nSPS) is 22.5. The number of aliphatic hydroxyl groups excluding tert-OH is 1. The van der Waals surface area contributed by atoms with Gasteiger partial charge in [-0.1, -0.05) is 26.7 Å². The number of nitrogens with zero attached hydrogens (tertiary/aromatic N) is 2. The van der Waals surface area contributed by atoms with Crippen LogP contribution in [0.4, 0.5) is 5.82 Å². The Hall–Kier alpha value is -1.16. The molecule has 0 saturated heterocycles. The number of aryl methyl sites for hydroxylation is 1. The Morgan fingerprint density at radius 1 is 1.29 bits per heavy atom. The molecule has 0 bridgehead atoms. The fraction of sp³-hybridized carbons (Fsp3) is 0.765. The standard InChI is InChI=1S/C17H29N3O/c1-12(2)17-19-13(3)11-16(20-17)18-10-6-8-14-7-4-5-9-15(14)21/h11-12,14-15,21H,4-10H2,1-3H3,(H,18,19,20). The van der Waals surface area contributed by atoms with Crippen LogP contribution in [0.15, 0.2) is 6.07 Å². The van der Waals surface area contributed by atoms with E-state index in [0.717, 1.165) is 43.1 Å². The second-order valence-corrected chi connectivity index (χ2v) is 6.59. The van der Waals surface area contributed by atoms with Crippen molar-refractivity contribution in [3.05, 3.63) is 17.6 Å². The molecule has 1 aliphatic rings. The smallest absolute Gasteiger partial charge is 0.133 e. The van der Waals surface area contributed by atoms with E-state index in [4.69, 9.17) is 0 Å². The highest BCUT2D eigenvalue weighted by Gasteiger charge is 2.22. The molecule has 0 aromatic carbocycles. The molecule has 1 aromatic rings. The first-order chi connectivity index (χ1) is 10.1. The van der Waals surface area contributed by atoms with Crippen molar-refractivity contribution in [1.29, 1.82) is 0 Å². The summed E-state index contributed by atoms with van der Waals surface area (Å²) in [5, 5.41) is 13.4. The molecule has 0 aliphatic heterocycles. The van der Waals surface area contributed by atoms with Crippen LogP contribution in [0.2, 0.25) is 0 Å². The maximum Gasteiger partial charge on any atom is 0.133 e. The average Bonchev–Trinajstić information content (AvgIpc) is 2.44. The maximum absolute atomic E-state index is 9.98. The molecular formula is C17H29N3O. The molecule has 1 fully saturated rings. The molecule has 21 heavy (non-hydrogen) atoms. The van der Waals surface area contributed by atoms with Crippen LogP contribution in [0.25, 0.3) is 0 Å². The maximum atomic E-state index is 9.98. The van der Waals surface area contributed by atoms with Crippen LogP contribution in [0, 0.1) is 12.8 Å². The Balaban J connectivity index is 1.78. The highest BCUT2D eigenvalue weighted by molar-refractivity contribution is 5.36. The number of aliphatic hydroxyl groups is 1. The van der Waals surface area contributed by atoms with Crippen LogP contribution >= 0.6 is 0 Å². The molecule has 2 rings (SSSR count). The van der Waals surface area contributed by atoms with Crippen molar-refractivity contribution in [2.45, 2.75) is 71.3 Å². The molecular weight excluding hydrogens is 262 g/mol. The first-order valence-electron chi connectivity index (χ1n) is 8.33. The summed E-state index contributed by atoms with van der Waals surface area (Å²) in [6, 6.07) is 2.00. The van der Waals surface area contributed by atoms with Crippen molar-refractivity contribution in [1.82, 2.24) is 9.97 Å². The van der Waals surface area contributed by atoms with Gasteiger partial charge in [0.05, 0.1) is 6.10 Å². The SMILES string of the molecule is Cc1cc(NCCCC2CCCCC2O)nc(C(C)C)n1. The van der Waals surface area contributed by atoms with E-state index in [1.165, 1.54) is 19.3 Å². The van der Waals surface area contributed by atoms with E-state index >= 15 is 0 Å². The summed E-state index contributed by atoms with van der Waals surface area (Å²) in [4.78, 5) is 9.02. The first kappa shape index (κ1) is 16.2. The van der Waals surface area contributed by atoms with Gasteiger partial charge in [0.1, 0.15) is 11.6 Å².